The van der Waals surface area contributed by atoms with Crippen molar-refractivity contribution in [3.05, 3.63) is 0 Å². The molecule has 138 valence electrons. The molecule has 0 atom stereocenters. The fourth-order valence-corrected chi connectivity index (χ4v) is 2.88. The highest BCUT2D eigenvalue weighted by molar-refractivity contribution is 5.69. The van der Waals surface area contributed by atoms with Crippen LogP contribution in [0.5, 0.6) is 0 Å². The quantitative estimate of drug-likeness (QED) is 0.694. The second kappa shape index (κ2) is 10.2. The number of carbonyl (C=O) groups excluding carboxylic acids is 1. The maximum Gasteiger partial charge on any atom is 0.410 e. The van der Waals surface area contributed by atoms with E-state index in [-0.39, 0.29) is 11.7 Å². The third kappa shape index (κ3) is 7.56. The number of likely N-dealkylation sites (tertiary alicyclic amines) is 2. The second-order valence-electron chi connectivity index (χ2n) is 7.48. The molecular formula is C19H40N2O2. The average molecular weight is 329 g/mol. The lowest BCUT2D eigenvalue weighted by atomic mass is 9.72. The Hall–Kier alpha value is -0.770. The average Bonchev–Trinajstić information content (AvgIpc) is 2.46. The van der Waals surface area contributed by atoms with E-state index >= 15 is 0 Å². The Balaban J connectivity index is 0.000000868. The lowest BCUT2D eigenvalue weighted by Gasteiger charge is -2.53. The summed E-state index contributed by atoms with van der Waals surface area (Å²) in [5.74, 6) is 0. The van der Waals surface area contributed by atoms with Gasteiger partial charge in [0.2, 0.25) is 0 Å². The van der Waals surface area contributed by atoms with Crippen molar-refractivity contribution in [3.8, 4) is 0 Å². The molecule has 2 heterocycles. The molecule has 0 N–H and O–H groups in total. The van der Waals surface area contributed by atoms with Gasteiger partial charge in [-0.05, 0) is 53.2 Å². The Labute approximate surface area is 144 Å². The normalized spacial score (nSPS) is 19.7. The van der Waals surface area contributed by atoms with Crippen LogP contribution in [0.1, 0.15) is 74.7 Å². The molecule has 2 rings (SSSR count). The fraction of sp³-hybridized carbons (Fsp3) is 0.947. The van der Waals surface area contributed by atoms with Crippen molar-refractivity contribution in [2.45, 2.75) is 80.3 Å². The van der Waals surface area contributed by atoms with E-state index in [9.17, 15) is 4.79 Å². The van der Waals surface area contributed by atoms with Crippen LogP contribution in [-0.2, 0) is 4.74 Å². The van der Waals surface area contributed by atoms with Crippen LogP contribution in [0.4, 0.5) is 4.79 Å². The van der Waals surface area contributed by atoms with E-state index in [0.717, 1.165) is 19.6 Å². The molecule has 23 heavy (non-hydrogen) atoms. The second-order valence-corrected chi connectivity index (χ2v) is 7.48. The Morgan fingerprint density at radius 3 is 1.83 bits per heavy atom. The first-order valence-electron chi connectivity index (χ1n) is 9.45. The molecule has 2 aliphatic heterocycles. The van der Waals surface area contributed by atoms with Crippen molar-refractivity contribution in [2.24, 2.45) is 5.41 Å². The summed E-state index contributed by atoms with van der Waals surface area (Å²) in [6.07, 6.45) is 3.55. The molecule has 0 bridgehead atoms. The van der Waals surface area contributed by atoms with Crippen LogP contribution in [-0.4, -0.2) is 54.2 Å². The lowest BCUT2D eigenvalue weighted by molar-refractivity contribution is -0.0587. The lowest BCUT2D eigenvalue weighted by Crippen LogP contribution is -2.62. The van der Waals surface area contributed by atoms with Crippen LogP contribution in [0.3, 0.4) is 0 Å². The highest BCUT2D eigenvalue weighted by Gasteiger charge is 2.47. The van der Waals surface area contributed by atoms with Crippen molar-refractivity contribution < 1.29 is 9.53 Å². The summed E-state index contributed by atoms with van der Waals surface area (Å²) < 4.78 is 5.39. The van der Waals surface area contributed by atoms with Gasteiger partial charge in [-0.1, -0.05) is 41.0 Å². The van der Waals surface area contributed by atoms with E-state index in [1.165, 1.54) is 32.4 Å². The minimum atomic E-state index is -0.384. The molecule has 2 fully saturated rings. The number of amides is 1. The van der Waals surface area contributed by atoms with Gasteiger partial charge in [0.05, 0.1) is 0 Å². The summed E-state index contributed by atoms with van der Waals surface area (Å²) in [7, 11) is 0. The maximum absolute atomic E-state index is 11.9. The van der Waals surface area contributed by atoms with Gasteiger partial charge in [-0.2, -0.15) is 0 Å². The maximum atomic E-state index is 11.9. The van der Waals surface area contributed by atoms with Crippen LogP contribution in [0.2, 0.25) is 0 Å². The molecule has 0 aromatic heterocycles. The van der Waals surface area contributed by atoms with Gasteiger partial charge in [0.25, 0.3) is 0 Å². The predicted octanol–water partition coefficient (Wildman–Crippen LogP) is 4.78. The van der Waals surface area contributed by atoms with Gasteiger partial charge in [0, 0.05) is 18.5 Å². The van der Waals surface area contributed by atoms with Crippen LogP contribution >= 0.6 is 0 Å². The first-order valence-corrected chi connectivity index (χ1v) is 9.45. The molecule has 0 aliphatic carbocycles. The van der Waals surface area contributed by atoms with E-state index in [2.05, 4.69) is 25.7 Å². The number of nitrogens with zero attached hydrogens (tertiary/aromatic N) is 2. The molecule has 0 unspecified atom stereocenters. The Kier molecular flexibility index (Phi) is 9.83. The van der Waals surface area contributed by atoms with Crippen molar-refractivity contribution >= 4 is 6.09 Å². The molecule has 4 nitrogen and oxygen atoms in total. The van der Waals surface area contributed by atoms with Gasteiger partial charge < -0.3 is 14.5 Å². The SMILES string of the molecule is CC.CCC.CCN1CCC2(CC1)CN(C(=O)OC(C)(C)C)C2. The number of hydrogen-bond donors (Lipinski definition) is 0. The topological polar surface area (TPSA) is 32.8 Å². The van der Waals surface area contributed by atoms with Crippen molar-refractivity contribution in [1.82, 2.24) is 9.80 Å². The van der Waals surface area contributed by atoms with Crippen LogP contribution in [0, 0.1) is 5.41 Å². The minimum absolute atomic E-state index is 0.147. The Morgan fingerprint density at radius 1 is 1.04 bits per heavy atom. The first kappa shape index (κ1) is 22.2. The molecule has 1 spiro atoms. The van der Waals surface area contributed by atoms with Crippen molar-refractivity contribution in [1.29, 1.82) is 0 Å². The largest absolute Gasteiger partial charge is 0.444 e. The predicted molar refractivity (Wildman–Crippen MR) is 98.9 cm³/mol. The molecule has 1 amide bonds. The monoisotopic (exact) mass is 328 g/mol. The summed E-state index contributed by atoms with van der Waals surface area (Å²) in [4.78, 5) is 16.2. The van der Waals surface area contributed by atoms with E-state index in [1.54, 1.807) is 0 Å². The van der Waals surface area contributed by atoms with E-state index in [1.807, 2.05) is 39.5 Å². The molecule has 0 aromatic rings. The smallest absolute Gasteiger partial charge is 0.410 e. The Bertz CT molecular complexity index is 321. The summed E-state index contributed by atoms with van der Waals surface area (Å²) in [6.45, 7) is 21.5. The summed E-state index contributed by atoms with van der Waals surface area (Å²) in [5, 5.41) is 0. The standard InChI is InChI=1S/C14H26N2O2.C3H8.C2H6/c1-5-15-8-6-14(7-9-15)10-16(11-14)12(17)18-13(2,3)4;1-3-2;1-2/h5-11H2,1-4H3;3H2,1-2H3;1-2H3. The van der Waals surface area contributed by atoms with Gasteiger partial charge in [0.15, 0.2) is 0 Å². The molecule has 4 heteroatoms. The van der Waals surface area contributed by atoms with Gasteiger partial charge in [-0.15, -0.1) is 0 Å². The molecular weight excluding hydrogens is 288 g/mol. The van der Waals surface area contributed by atoms with Crippen LogP contribution < -0.4 is 0 Å². The molecule has 0 aromatic carbocycles. The van der Waals surface area contributed by atoms with Gasteiger partial charge in [-0.3, -0.25) is 0 Å². The molecule has 0 saturated carbocycles. The van der Waals surface area contributed by atoms with Crippen molar-refractivity contribution in [2.75, 3.05) is 32.7 Å². The van der Waals surface area contributed by atoms with Crippen LogP contribution in [0.15, 0.2) is 0 Å². The zero-order valence-electron chi connectivity index (χ0n) is 16.9. The fourth-order valence-electron chi connectivity index (χ4n) is 2.88. The van der Waals surface area contributed by atoms with E-state index in [0.29, 0.717) is 5.41 Å². The minimum Gasteiger partial charge on any atom is -0.444 e. The third-order valence-corrected chi connectivity index (χ3v) is 4.07. The summed E-state index contributed by atoms with van der Waals surface area (Å²) in [6, 6.07) is 0. The number of rotatable bonds is 1. The number of piperidine rings is 1. The van der Waals surface area contributed by atoms with Gasteiger partial charge >= 0.3 is 6.09 Å². The summed E-state index contributed by atoms with van der Waals surface area (Å²) in [5.41, 5.74) is 0.00792. The van der Waals surface area contributed by atoms with Crippen LogP contribution in [0.25, 0.3) is 0 Å². The Morgan fingerprint density at radius 2 is 1.48 bits per heavy atom. The number of ether oxygens (including phenoxy) is 1. The van der Waals surface area contributed by atoms with Gasteiger partial charge in [-0.25, -0.2) is 4.79 Å². The zero-order valence-corrected chi connectivity index (χ0v) is 16.9. The zero-order chi connectivity index (χ0) is 18.1. The van der Waals surface area contributed by atoms with E-state index < -0.39 is 0 Å². The number of hydrogen-bond acceptors (Lipinski definition) is 3. The first-order chi connectivity index (χ1) is 10.7. The molecule has 2 saturated heterocycles. The number of carbonyl (C=O) groups is 1. The highest BCUT2D eigenvalue weighted by atomic mass is 16.6. The van der Waals surface area contributed by atoms with Gasteiger partial charge in [0.1, 0.15) is 5.60 Å². The third-order valence-electron chi connectivity index (χ3n) is 4.07. The molecule has 2 aliphatic rings. The van der Waals surface area contributed by atoms with E-state index in [4.69, 9.17) is 4.74 Å². The van der Waals surface area contributed by atoms with Crippen molar-refractivity contribution in [3.63, 3.8) is 0 Å². The highest BCUT2D eigenvalue weighted by Crippen LogP contribution is 2.40. The summed E-state index contributed by atoms with van der Waals surface area (Å²) >= 11 is 0. The molecule has 0 radical (unpaired) electrons.